The highest BCUT2D eigenvalue weighted by atomic mass is 16.3. The molecule has 0 aromatic heterocycles. The normalized spacial score (nSPS) is 19.1. The van der Waals surface area contributed by atoms with E-state index in [9.17, 15) is 0 Å². The fraction of sp³-hybridized carbons (Fsp3) is 1.00. The standard InChI is InChI=1S/C11H24N2O/c1-2-3-8-13(9-10-14)11-4-6-12-7-5-11/h11-12,14H,2-10H2,1H3. The summed E-state index contributed by atoms with van der Waals surface area (Å²) in [6.07, 6.45) is 4.98. The van der Waals surface area contributed by atoms with Gasteiger partial charge in [0.15, 0.2) is 0 Å². The highest BCUT2D eigenvalue weighted by molar-refractivity contribution is 4.77. The number of hydrogen-bond acceptors (Lipinski definition) is 3. The Balaban J connectivity index is 2.30. The fourth-order valence-corrected chi connectivity index (χ4v) is 2.14. The second-order valence-corrected chi connectivity index (χ2v) is 4.09. The van der Waals surface area contributed by atoms with Gasteiger partial charge in [-0.2, -0.15) is 0 Å². The van der Waals surface area contributed by atoms with Gasteiger partial charge in [-0.05, 0) is 38.9 Å². The lowest BCUT2D eigenvalue weighted by Crippen LogP contribution is -2.44. The number of unbranched alkanes of at least 4 members (excludes halogenated alkanes) is 1. The van der Waals surface area contributed by atoms with Gasteiger partial charge in [0.05, 0.1) is 6.61 Å². The van der Waals surface area contributed by atoms with Gasteiger partial charge in [0.2, 0.25) is 0 Å². The lowest BCUT2D eigenvalue weighted by Gasteiger charge is -2.34. The molecule has 0 amide bonds. The van der Waals surface area contributed by atoms with E-state index < -0.39 is 0 Å². The van der Waals surface area contributed by atoms with E-state index in [1.54, 1.807) is 0 Å². The van der Waals surface area contributed by atoms with E-state index >= 15 is 0 Å². The first-order valence-electron chi connectivity index (χ1n) is 5.94. The summed E-state index contributed by atoms with van der Waals surface area (Å²) in [7, 11) is 0. The van der Waals surface area contributed by atoms with Crippen molar-refractivity contribution < 1.29 is 5.11 Å². The number of hydrogen-bond donors (Lipinski definition) is 2. The van der Waals surface area contributed by atoms with Crippen LogP contribution in [0.3, 0.4) is 0 Å². The Morgan fingerprint density at radius 2 is 2.00 bits per heavy atom. The van der Waals surface area contributed by atoms with Crippen LogP contribution < -0.4 is 5.32 Å². The molecule has 3 nitrogen and oxygen atoms in total. The molecule has 1 rings (SSSR count). The summed E-state index contributed by atoms with van der Waals surface area (Å²) in [6, 6.07) is 0.704. The lowest BCUT2D eigenvalue weighted by atomic mass is 10.0. The van der Waals surface area contributed by atoms with Crippen molar-refractivity contribution >= 4 is 0 Å². The highest BCUT2D eigenvalue weighted by Crippen LogP contribution is 2.12. The number of aliphatic hydroxyl groups excluding tert-OH is 1. The van der Waals surface area contributed by atoms with Crippen molar-refractivity contribution in [3.05, 3.63) is 0 Å². The average Bonchev–Trinajstić information content (AvgIpc) is 2.25. The minimum atomic E-state index is 0.299. The number of piperidine rings is 1. The maximum absolute atomic E-state index is 9.01. The molecule has 0 saturated carbocycles. The summed E-state index contributed by atoms with van der Waals surface area (Å²) in [4.78, 5) is 2.46. The third-order valence-electron chi connectivity index (χ3n) is 3.01. The van der Waals surface area contributed by atoms with E-state index in [-0.39, 0.29) is 0 Å². The topological polar surface area (TPSA) is 35.5 Å². The predicted molar refractivity (Wildman–Crippen MR) is 59.5 cm³/mol. The van der Waals surface area contributed by atoms with Crippen LogP contribution in [-0.4, -0.2) is 48.8 Å². The minimum absolute atomic E-state index is 0.299. The van der Waals surface area contributed by atoms with Crippen molar-refractivity contribution in [1.29, 1.82) is 0 Å². The molecule has 14 heavy (non-hydrogen) atoms. The maximum atomic E-state index is 9.01. The number of rotatable bonds is 6. The Morgan fingerprint density at radius 3 is 2.57 bits per heavy atom. The minimum Gasteiger partial charge on any atom is -0.395 e. The molecule has 84 valence electrons. The molecular formula is C11H24N2O. The van der Waals surface area contributed by atoms with Crippen LogP contribution in [0.5, 0.6) is 0 Å². The van der Waals surface area contributed by atoms with Crippen LogP contribution in [0.15, 0.2) is 0 Å². The predicted octanol–water partition coefficient (Wildman–Crippen LogP) is 0.833. The first kappa shape index (κ1) is 12.0. The molecule has 1 aliphatic heterocycles. The summed E-state index contributed by atoms with van der Waals surface area (Å²) < 4.78 is 0. The van der Waals surface area contributed by atoms with Crippen molar-refractivity contribution in [1.82, 2.24) is 10.2 Å². The second-order valence-electron chi connectivity index (χ2n) is 4.09. The van der Waals surface area contributed by atoms with Gasteiger partial charge in [-0.3, -0.25) is 4.90 Å². The van der Waals surface area contributed by atoms with E-state index in [4.69, 9.17) is 5.11 Å². The maximum Gasteiger partial charge on any atom is 0.0558 e. The van der Waals surface area contributed by atoms with Crippen LogP contribution in [0.2, 0.25) is 0 Å². The molecule has 3 heteroatoms. The zero-order valence-corrected chi connectivity index (χ0v) is 9.34. The molecule has 1 aliphatic rings. The van der Waals surface area contributed by atoms with Gasteiger partial charge in [-0.25, -0.2) is 0 Å². The van der Waals surface area contributed by atoms with Crippen molar-refractivity contribution in [3.63, 3.8) is 0 Å². The van der Waals surface area contributed by atoms with Crippen LogP contribution in [0.25, 0.3) is 0 Å². The highest BCUT2D eigenvalue weighted by Gasteiger charge is 2.19. The van der Waals surface area contributed by atoms with Gasteiger partial charge < -0.3 is 10.4 Å². The van der Waals surface area contributed by atoms with Crippen LogP contribution >= 0.6 is 0 Å². The number of aliphatic hydroxyl groups is 1. The van der Waals surface area contributed by atoms with Gasteiger partial charge in [-0.15, -0.1) is 0 Å². The zero-order valence-electron chi connectivity index (χ0n) is 9.34. The van der Waals surface area contributed by atoms with Crippen molar-refractivity contribution in [2.24, 2.45) is 0 Å². The van der Waals surface area contributed by atoms with Gasteiger partial charge >= 0.3 is 0 Å². The van der Waals surface area contributed by atoms with Crippen molar-refractivity contribution in [3.8, 4) is 0 Å². The summed E-state index contributed by atoms with van der Waals surface area (Å²) in [5.74, 6) is 0. The summed E-state index contributed by atoms with van der Waals surface area (Å²) in [5.41, 5.74) is 0. The van der Waals surface area contributed by atoms with Crippen LogP contribution in [0.1, 0.15) is 32.6 Å². The number of nitrogens with one attached hydrogen (secondary N) is 1. The van der Waals surface area contributed by atoms with E-state index in [0.717, 1.165) is 26.2 Å². The van der Waals surface area contributed by atoms with E-state index in [1.165, 1.54) is 25.7 Å². The Hall–Kier alpha value is -0.120. The molecule has 0 aliphatic carbocycles. The Bertz CT molecular complexity index is 135. The smallest absolute Gasteiger partial charge is 0.0558 e. The molecular weight excluding hydrogens is 176 g/mol. The molecule has 0 aromatic carbocycles. The SMILES string of the molecule is CCCCN(CCO)C1CCNCC1. The molecule has 0 radical (unpaired) electrons. The van der Waals surface area contributed by atoms with E-state index in [0.29, 0.717) is 12.6 Å². The Kier molecular flexibility index (Phi) is 6.15. The second kappa shape index (κ2) is 7.21. The quantitative estimate of drug-likeness (QED) is 0.667. The van der Waals surface area contributed by atoms with E-state index in [2.05, 4.69) is 17.1 Å². The fourth-order valence-electron chi connectivity index (χ4n) is 2.14. The van der Waals surface area contributed by atoms with Gasteiger partial charge in [0.1, 0.15) is 0 Å². The summed E-state index contributed by atoms with van der Waals surface area (Å²) in [6.45, 7) is 6.80. The molecule has 0 spiro atoms. The Labute approximate surface area is 87.5 Å². The van der Waals surface area contributed by atoms with Crippen LogP contribution in [0.4, 0.5) is 0 Å². The van der Waals surface area contributed by atoms with Crippen LogP contribution in [-0.2, 0) is 0 Å². The lowest BCUT2D eigenvalue weighted by molar-refractivity contribution is 0.127. The first-order valence-corrected chi connectivity index (χ1v) is 5.94. The van der Waals surface area contributed by atoms with Crippen LogP contribution in [0, 0.1) is 0 Å². The molecule has 0 bridgehead atoms. The molecule has 0 aromatic rings. The molecule has 2 N–H and O–H groups in total. The molecule has 0 atom stereocenters. The first-order chi connectivity index (χ1) is 6.88. The largest absolute Gasteiger partial charge is 0.395 e. The molecule has 1 fully saturated rings. The third-order valence-corrected chi connectivity index (χ3v) is 3.01. The molecule has 1 heterocycles. The monoisotopic (exact) mass is 200 g/mol. The Morgan fingerprint density at radius 1 is 1.29 bits per heavy atom. The van der Waals surface area contributed by atoms with Gasteiger partial charge in [0, 0.05) is 12.6 Å². The summed E-state index contributed by atoms with van der Waals surface area (Å²) in [5, 5.41) is 12.4. The van der Waals surface area contributed by atoms with Crippen molar-refractivity contribution in [2.75, 3.05) is 32.8 Å². The van der Waals surface area contributed by atoms with E-state index in [1.807, 2.05) is 0 Å². The summed E-state index contributed by atoms with van der Waals surface area (Å²) >= 11 is 0. The zero-order chi connectivity index (χ0) is 10.2. The molecule has 0 unspecified atom stereocenters. The van der Waals surface area contributed by atoms with Gasteiger partial charge in [-0.1, -0.05) is 13.3 Å². The number of nitrogens with zero attached hydrogens (tertiary/aromatic N) is 1. The third kappa shape index (κ3) is 3.95. The van der Waals surface area contributed by atoms with Crippen molar-refractivity contribution in [2.45, 2.75) is 38.6 Å². The average molecular weight is 200 g/mol. The van der Waals surface area contributed by atoms with Gasteiger partial charge in [0.25, 0.3) is 0 Å². The molecule has 1 saturated heterocycles.